The van der Waals surface area contributed by atoms with Gasteiger partial charge in [-0.05, 0) is 19.9 Å². The predicted molar refractivity (Wildman–Crippen MR) is 82.0 cm³/mol. The summed E-state index contributed by atoms with van der Waals surface area (Å²) in [5.41, 5.74) is 1.82. The summed E-state index contributed by atoms with van der Waals surface area (Å²) in [7, 11) is 0. The van der Waals surface area contributed by atoms with Gasteiger partial charge in [0.25, 0.3) is 11.4 Å². The Hall–Kier alpha value is -1.58. The lowest BCUT2D eigenvalue weighted by Crippen LogP contribution is -2.29. The molecule has 0 unspecified atom stereocenters. The molecule has 0 aliphatic rings. The Bertz CT molecular complexity index is 514. The standard InChI is InChI=1S/C16H26N2O2/c1-11-9-12(2)14(18(20)16(6,7)8)10-13(11)17(19)15(3,4)5/h9-10H,1-8H3/q+2. The molecule has 0 bridgehead atoms. The minimum absolute atomic E-state index is 0.535. The second-order valence-electron chi connectivity index (χ2n) is 7.36. The number of hydrogen-bond donors (Lipinski definition) is 0. The average molecular weight is 278 g/mol. The molecule has 0 saturated heterocycles. The van der Waals surface area contributed by atoms with Gasteiger partial charge in [-0.3, -0.25) is 0 Å². The molecule has 4 nitrogen and oxygen atoms in total. The van der Waals surface area contributed by atoms with Crippen molar-refractivity contribution in [1.82, 2.24) is 0 Å². The van der Waals surface area contributed by atoms with Gasteiger partial charge in [0.2, 0.25) is 11.1 Å². The molecule has 0 aliphatic carbocycles. The van der Waals surface area contributed by atoms with Gasteiger partial charge in [-0.2, -0.15) is 0 Å². The molecule has 1 aromatic carbocycles. The van der Waals surface area contributed by atoms with Crippen LogP contribution < -0.4 is 0 Å². The number of nitrogens with zero attached hydrogens (tertiary/aromatic N) is 2. The summed E-state index contributed by atoms with van der Waals surface area (Å²) < 4.78 is 1.95. The van der Waals surface area contributed by atoms with E-state index in [1.165, 1.54) is 0 Å². The highest BCUT2D eigenvalue weighted by Gasteiger charge is 2.38. The third-order valence-electron chi connectivity index (χ3n) is 3.17. The SMILES string of the molecule is Cc1cc(C)c([N+](=O)C(C)(C)C)cc1[N+](=O)C(C)(C)C. The van der Waals surface area contributed by atoms with Gasteiger partial charge in [-0.25, -0.2) is 0 Å². The zero-order valence-electron chi connectivity index (χ0n) is 13.9. The van der Waals surface area contributed by atoms with Gasteiger partial charge < -0.3 is 0 Å². The highest BCUT2D eigenvalue weighted by atomic mass is 16.3. The molecule has 0 amide bonds. The minimum Gasteiger partial charge on any atom is -0.0428 e. The average Bonchev–Trinajstić information content (AvgIpc) is 2.25. The lowest BCUT2D eigenvalue weighted by atomic mass is 10.0. The molecule has 0 fully saturated rings. The van der Waals surface area contributed by atoms with E-state index in [1.54, 1.807) is 6.07 Å². The van der Waals surface area contributed by atoms with Crippen LogP contribution in [0.5, 0.6) is 0 Å². The second-order valence-corrected chi connectivity index (χ2v) is 7.36. The van der Waals surface area contributed by atoms with E-state index in [0.29, 0.717) is 11.4 Å². The van der Waals surface area contributed by atoms with Gasteiger partial charge in [-0.1, -0.05) is 0 Å². The first-order valence-corrected chi connectivity index (χ1v) is 6.91. The van der Waals surface area contributed by atoms with Crippen molar-refractivity contribution in [2.45, 2.75) is 66.5 Å². The van der Waals surface area contributed by atoms with Crippen LogP contribution in [0.15, 0.2) is 12.1 Å². The predicted octanol–water partition coefficient (Wildman–Crippen LogP) is 4.72. The van der Waals surface area contributed by atoms with Crippen LogP contribution in [-0.2, 0) is 0 Å². The highest BCUT2D eigenvalue weighted by Crippen LogP contribution is 2.33. The van der Waals surface area contributed by atoms with Crippen molar-refractivity contribution in [3.05, 3.63) is 33.1 Å². The monoisotopic (exact) mass is 278 g/mol. The van der Waals surface area contributed by atoms with E-state index >= 15 is 0 Å². The van der Waals surface area contributed by atoms with Crippen molar-refractivity contribution in [2.24, 2.45) is 0 Å². The summed E-state index contributed by atoms with van der Waals surface area (Å²) in [5, 5.41) is 0. The maximum Gasteiger partial charge on any atom is 0.266 e. The Morgan fingerprint density at radius 3 is 1.25 bits per heavy atom. The Kier molecular flexibility index (Phi) is 4.18. The zero-order chi connectivity index (χ0) is 15.9. The fourth-order valence-corrected chi connectivity index (χ4v) is 1.99. The van der Waals surface area contributed by atoms with E-state index in [4.69, 9.17) is 0 Å². The van der Waals surface area contributed by atoms with E-state index in [0.717, 1.165) is 20.6 Å². The van der Waals surface area contributed by atoms with Crippen molar-refractivity contribution < 1.29 is 9.52 Å². The first kappa shape index (κ1) is 16.5. The molecule has 0 N–H and O–H groups in total. The molecule has 4 heteroatoms. The molecule has 0 aliphatic heterocycles. The lowest BCUT2D eigenvalue weighted by Gasteiger charge is -2.13. The normalized spacial score (nSPS) is 12.4. The fraction of sp³-hybridized carbons (Fsp3) is 0.625. The first-order chi connectivity index (χ1) is 8.85. The summed E-state index contributed by atoms with van der Waals surface area (Å²) in [6.45, 7) is 14.9. The summed E-state index contributed by atoms with van der Waals surface area (Å²) >= 11 is 0. The molecule has 0 atom stereocenters. The lowest BCUT2D eigenvalue weighted by molar-refractivity contribution is -0.547. The van der Waals surface area contributed by atoms with Crippen LogP contribution in [0.2, 0.25) is 0 Å². The number of aryl methyl sites for hydroxylation is 2. The molecule has 1 rings (SSSR count). The fourth-order valence-electron chi connectivity index (χ4n) is 1.99. The molecule has 1 aromatic rings. The molecular weight excluding hydrogens is 252 g/mol. The first-order valence-electron chi connectivity index (χ1n) is 6.91. The van der Waals surface area contributed by atoms with Crippen LogP contribution in [0, 0.1) is 23.7 Å². The van der Waals surface area contributed by atoms with Crippen molar-refractivity contribution in [1.29, 1.82) is 0 Å². The van der Waals surface area contributed by atoms with E-state index in [9.17, 15) is 9.81 Å². The smallest absolute Gasteiger partial charge is 0.0428 e. The maximum atomic E-state index is 12.4. The molecule has 110 valence electrons. The summed E-state index contributed by atoms with van der Waals surface area (Å²) in [5.74, 6) is 0. The molecule has 0 heterocycles. The van der Waals surface area contributed by atoms with Crippen LogP contribution in [-0.4, -0.2) is 20.6 Å². The van der Waals surface area contributed by atoms with Crippen LogP contribution in [0.1, 0.15) is 52.7 Å². The second kappa shape index (κ2) is 5.08. The van der Waals surface area contributed by atoms with Crippen molar-refractivity contribution in [3.8, 4) is 0 Å². The number of benzene rings is 1. The van der Waals surface area contributed by atoms with Crippen LogP contribution >= 0.6 is 0 Å². The number of nitroso groups, excluding NO2 is 2. The molecule has 0 aromatic heterocycles. The van der Waals surface area contributed by atoms with E-state index < -0.39 is 11.1 Å². The van der Waals surface area contributed by atoms with Gasteiger partial charge in [0.05, 0.1) is 6.07 Å². The van der Waals surface area contributed by atoms with Gasteiger partial charge in [0.1, 0.15) is 0 Å². The summed E-state index contributed by atoms with van der Waals surface area (Å²) in [6, 6.07) is 3.61. The molecule has 0 spiro atoms. The van der Waals surface area contributed by atoms with E-state index in [-0.39, 0.29) is 0 Å². The maximum absolute atomic E-state index is 12.4. The van der Waals surface area contributed by atoms with E-state index in [1.807, 2.05) is 61.5 Å². The Morgan fingerprint density at radius 2 is 1.00 bits per heavy atom. The number of hydrogen-bond acceptors (Lipinski definition) is 2. The van der Waals surface area contributed by atoms with E-state index in [2.05, 4.69) is 0 Å². The topological polar surface area (TPSA) is 40.2 Å². The molecule has 20 heavy (non-hydrogen) atoms. The van der Waals surface area contributed by atoms with Gasteiger partial charge in [0.15, 0.2) is 0 Å². The molecule has 0 saturated carbocycles. The quantitative estimate of drug-likeness (QED) is 0.734. The largest absolute Gasteiger partial charge is 0.266 e. The Labute approximate surface area is 121 Å². The van der Waals surface area contributed by atoms with Crippen molar-refractivity contribution >= 4 is 11.4 Å². The third kappa shape index (κ3) is 3.30. The van der Waals surface area contributed by atoms with Gasteiger partial charge in [0, 0.05) is 72.0 Å². The Morgan fingerprint density at radius 1 is 0.700 bits per heavy atom. The van der Waals surface area contributed by atoms with Gasteiger partial charge in [-0.15, -0.1) is 0 Å². The Balaban J connectivity index is 3.45. The van der Waals surface area contributed by atoms with Crippen LogP contribution in [0.25, 0.3) is 0 Å². The minimum atomic E-state index is -0.535. The van der Waals surface area contributed by atoms with Crippen molar-refractivity contribution in [2.75, 3.05) is 0 Å². The molecular formula is C16H26N2O2+2. The summed E-state index contributed by atoms with van der Waals surface area (Å²) in [4.78, 5) is 24.8. The molecule has 0 radical (unpaired) electrons. The highest BCUT2D eigenvalue weighted by molar-refractivity contribution is 5.53. The number of rotatable bonds is 2. The van der Waals surface area contributed by atoms with Gasteiger partial charge >= 0.3 is 0 Å². The zero-order valence-corrected chi connectivity index (χ0v) is 13.9. The summed E-state index contributed by atoms with van der Waals surface area (Å²) in [6.07, 6.45) is 0. The van der Waals surface area contributed by atoms with Crippen LogP contribution in [0.3, 0.4) is 0 Å². The third-order valence-corrected chi connectivity index (χ3v) is 3.17. The van der Waals surface area contributed by atoms with Crippen molar-refractivity contribution in [3.63, 3.8) is 0 Å². The van der Waals surface area contributed by atoms with Crippen LogP contribution in [0.4, 0.5) is 11.4 Å².